The normalized spacial score (nSPS) is 20.3. The Balaban J connectivity index is 2.16. The van der Waals surface area contributed by atoms with E-state index in [0.717, 1.165) is 5.56 Å². The van der Waals surface area contributed by atoms with Gasteiger partial charge in [-0.25, -0.2) is 0 Å². The van der Waals surface area contributed by atoms with Gasteiger partial charge in [-0.15, -0.1) is 0 Å². The van der Waals surface area contributed by atoms with Crippen molar-refractivity contribution in [3.05, 3.63) is 63.9 Å². The molecule has 37 heavy (non-hydrogen) atoms. The van der Waals surface area contributed by atoms with Crippen LogP contribution < -0.4 is 0 Å². The second kappa shape index (κ2) is 10.6. The highest BCUT2D eigenvalue weighted by Crippen LogP contribution is 2.54. The average Bonchev–Trinajstić information content (AvgIpc) is 2.85. The first-order valence-electron chi connectivity index (χ1n) is 12.6. The molecule has 0 spiro atoms. The van der Waals surface area contributed by atoms with Crippen LogP contribution in [0.3, 0.4) is 0 Å². The highest BCUT2D eigenvalue weighted by molar-refractivity contribution is 6.03. The van der Waals surface area contributed by atoms with Crippen LogP contribution in [0.25, 0.3) is 0 Å². The van der Waals surface area contributed by atoms with Crippen molar-refractivity contribution in [1.29, 1.82) is 0 Å². The third kappa shape index (κ3) is 4.85. The molecule has 0 heterocycles. The van der Waals surface area contributed by atoms with Crippen LogP contribution in [-0.4, -0.2) is 45.2 Å². The molecule has 200 valence electrons. The van der Waals surface area contributed by atoms with Crippen LogP contribution in [0.2, 0.25) is 0 Å². The number of aromatic hydroxyl groups is 3. The van der Waals surface area contributed by atoms with Gasteiger partial charge in [0.1, 0.15) is 28.6 Å². The summed E-state index contributed by atoms with van der Waals surface area (Å²) in [6.45, 7) is 10.3. The van der Waals surface area contributed by atoms with Gasteiger partial charge < -0.3 is 25.2 Å². The second-order valence-corrected chi connectivity index (χ2v) is 10.9. The van der Waals surface area contributed by atoms with E-state index in [-0.39, 0.29) is 34.8 Å². The van der Waals surface area contributed by atoms with Crippen LogP contribution in [0.4, 0.5) is 0 Å². The van der Waals surface area contributed by atoms with Crippen molar-refractivity contribution < 1.29 is 34.8 Å². The number of aliphatic hydroxyl groups is 1. The van der Waals surface area contributed by atoms with Gasteiger partial charge >= 0.3 is 0 Å². The summed E-state index contributed by atoms with van der Waals surface area (Å²) in [7, 11) is 1.45. The molecule has 3 rings (SSSR count). The highest BCUT2D eigenvalue weighted by Gasteiger charge is 2.52. The number of phenols is 3. The van der Waals surface area contributed by atoms with Gasteiger partial charge in [0.25, 0.3) is 0 Å². The lowest BCUT2D eigenvalue weighted by atomic mass is 9.61. The zero-order chi connectivity index (χ0) is 27.8. The number of phenolic OH excluding ortho intramolecular Hbond substituents is 3. The van der Waals surface area contributed by atoms with E-state index in [2.05, 4.69) is 0 Å². The predicted molar refractivity (Wildman–Crippen MR) is 141 cm³/mol. The largest absolute Gasteiger partial charge is 0.507 e. The van der Waals surface area contributed by atoms with E-state index in [0.29, 0.717) is 17.8 Å². The van der Waals surface area contributed by atoms with Gasteiger partial charge in [-0.05, 0) is 31.7 Å². The standard InChI is InChI=1S/C30H38O7/c1-15(2)20(23-26(34)17(4)29(37-7)30(5,6)28(23)36)22-25(33)16(3)24(32)21(27(22)35)19(31)14-13-18-11-9-8-10-12-18/h8-12,15,20,23,28,32-33,35-36H,13-14H2,1-7H3. The molecule has 0 amide bonds. The molecule has 3 unspecified atom stereocenters. The van der Waals surface area contributed by atoms with E-state index >= 15 is 0 Å². The Morgan fingerprint density at radius 2 is 1.62 bits per heavy atom. The van der Waals surface area contributed by atoms with E-state index in [4.69, 9.17) is 4.74 Å². The zero-order valence-corrected chi connectivity index (χ0v) is 22.6. The number of hydrogen-bond acceptors (Lipinski definition) is 7. The van der Waals surface area contributed by atoms with Crippen LogP contribution >= 0.6 is 0 Å². The zero-order valence-electron chi connectivity index (χ0n) is 22.6. The van der Waals surface area contributed by atoms with E-state index in [1.807, 2.05) is 44.2 Å². The first kappa shape index (κ1) is 28.3. The van der Waals surface area contributed by atoms with Crippen molar-refractivity contribution in [2.75, 3.05) is 7.11 Å². The number of carbonyl (C=O) groups excluding carboxylic acids is 2. The number of allylic oxidation sites excluding steroid dienone is 1. The number of hydrogen-bond donors (Lipinski definition) is 4. The molecular weight excluding hydrogens is 472 g/mol. The fraction of sp³-hybridized carbons (Fsp3) is 0.467. The third-order valence-electron chi connectivity index (χ3n) is 7.78. The molecule has 0 radical (unpaired) electrons. The number of aryl methyl sites for hydroxylation is 1. The number of rotatable bonds is 8. The van der Waals surface area contributed by atoms with Crippen molar-refractivity contribution in [3.8, 4) is 17.2 Å². The number of carbonyl (C=O) groups is 2. The molecule has 2 aromatic carbocycles. The highest BCUT2D eigenvalue weighted by atomic mass is 16.5. The van der Waals surface area contributed by atoms with Crippen molar-refractivity contribution in [2.24, 2.45) is 17.3 Å². The van der Waals surface area contributed by atoms with Gasteiger partial charge in [0.05, 0.1) is 19.1 Å². The summed E-state index contributed by atoms with van der Waals surface area (Å²) in [5.74, 6) is -4.12. The number of Topliss-reactive ketones (excluding diaryl/α,β-unsaturated/α-hetero) is 2. The van der Waals surface area contributed by atoms with Crippen molar-refractivity contribution >= 4 is 11.6 Å². The Hall–Kier alpha value is -3.32. The van der Waals surface area contributed by atoms with Gasteiger partial charge in [0.2, 0.25) is 0 Å². The number of methoxy groups -OCH3 is 1. The number of ketones is 2. The average molecular weight is 511 g/mol. The quantitative estimate of drug-likeness (QED) is 0.361. The Morgan fingerprint density at radius 1 is 1.03 bits per heavy atom. The molecule has 3 atom stereocenters. The minimum Gasteiger partial charge on any atom is -0.507 e. The summed E-state index contributed by atoms with van der Waals surface area (Å²) in [5, 5.41) is 44.8. The molecular formula is C30H38O7. The molecule has 0 fully saturated rings. The molecule has 7 nitrogen and oxygen atoms in total. The molecule has 0 saturated carbocycles. The molecule has 1 aliphatic carbocycles. The molecule has 4 N–H and O–H groups in total. The fourth-order valence-corrected chi connectivity index (χ4v) is 5.74. The summed E-state index contributed by atoms with van der Waals surface area (Å²) in [4.78, 5) is 26.9. The molecule has 7 heteroatoms. The molecule has 1 aliphatic rings. The van der Waals surface area contributed by atoms with Crippen molar-refractivity contribution in [3.63, 3.8) is 0 Å². The maximum absolute atomic E-state index is 13.6. The summed E-state index contributed by atoms with van der Waals surface area (Å²) >= 11 is 0. The first-order valence-corrected chi connectivity index (χ1v) is 12.6. The SMILES string of the molecule is COC1=C(C)C(=O)C(C(c2c(O)c(C)c(O)c(C(=O)CCc3ccccc3)c2O)C(C)C)C(O)C1(C)C. The van der Waals surface area contributed by atoms with E-state index in [9.17, 15) is 30.0 Å². The lowest BCUT2D eigenvalue weighted by molar-refractivity contribution is -0.132. The Morgan fingerprint density at radius 3 is 2.16 bits per heavy atom. The third-order valence-corrected chi connectivity index (χ3v) is 7.78. The smallest absolute Gasteiger partial charge is 0.170 e. The maximum Gasteiger partial charge on any atom is 0.170 e. The Labute approximate surface area is 218 Å². The van der Waals surface area contributed by atoms with Crippen molar-refractivity contribution in [1.82, 2.24) is 0 Å². The molecule has 2 aromatic rings. The first-order chi connectivity index (χ1) is 17.3. The van der Waals surface area contributed by atoms with Crippen LogP contribution in [0, 0.1) is 24.2 Å². The van der Waals surface area contributed by atoms with E-state index < -0.39 is 46.4 Å². The molecule has 0 aromatic heterocycles. The number of ether oxygens (including phenoxy) is 1. The van der Waals surface area contributed by atoms with Crippen LogP contribution in [0.15, 0.2) is 41.7 Å². The second-order valence-electron chi connectivity index (χ2n) is 10.9. The summed E-state index contributed by atoms with van der Waals surface area (Å²) in [6.07, 6.45) is -0.770. The Kier molecular flexibility index (Phi) is 8.08. The minimum atomic E-state index is -1.20. The lowest BCUT2D eigenvalue weighted by Crippen LogP contribution is -2.49. The number of benzene rings is 2. The Bertz CT molecular complexity index is 1220. The molecule has 0 saturated heterocycles. The summed E-state index contributed by atoms with van der Waals surface area (Å²) < 4.78 is 5.47. The van der Waals surface area contributed by atoms with Gasteiger partial charge in [-0.3, -0.25) is 9.59 Å². The van der Waals surface area contributed by atoms with Gasteiger partial charge in [0, 0.05) is 34.5 Å². The molecule has 0 aliphatic heterocycles. The van der Waals surface area contributed by atoms with Crippen LogP contribution in [0.5, 0.6) is 17.2 Å². The lowest BCUT2D eigenvalue weighted by Gasteiger charge is -2.45. The predicted octanol–water partition coefficient (Wildman–Crippen LogP) is 5.17. The fourth-order valence-electron chi connectivity index (χ4n) is 5.74. The van der Waals surface area contributed by atoms with Gasteiger partial charge in [-0.2, -0.15) is 0 Å². The van der Waals surface area contributed by atoms with E-state index in [1.165, 1.54) is 14.0 Å². The summed E-state index contributed by atoms with van der Waals surface area (Å²) in [5.41, 5.74) is 0.102. The van der Waals surface area contributed by atoms with Gasteiger partial charge in [0.15, 0.2) is 11.6 Å². The monoisotopic (exact) mass is 510 g/mol. The minimum absolute atomic E-state index is 0.0183. The van der Waals surface area contributed by atoms with Gasteiger partial charge in [-0.1, -0.05) is 58.0 Å². The van der Waals surface area contributed by atoms with E-state index in [1.54, 1.807) is 20.8 Å². The maximum atomic E-state index is 13.6. The topological polar surface area (TPSA) is 124 Å². The molecule has 0 bridgehead atoms. The van der Waals surface area contributed by atoms with Crippen LogP contribution in [-0.2, 0) is 16.0 Å². The summed E-state index contributed by atoms with van der Waals surface area (Å²) in [6, 6.07) is 9.38. The number of aliphatic hydroxyl groups excluding tert-OH is 1. The van der Waals surface area contributed by atoms with Crippen LogP contribution in [0.1, 0.15) is 74.0 Å². The van der Waals surface area contributed by atoms with Crippen molar-refractivity contribution in [2.45, 2.75) is 66.4 Å².